The normalized spacial score (nSPS) is 11.0. The van der Waals surface area contributed by atoms with Gasteiger partial charge in [0.25, 0.3) is 0 Å². The summed E-state index contributed by atoms with van der Waals surface area (Å²) in [5, 5.41) is 7.35. The van der Waals surface area contributed by atoms with Gasteiger partial charge in [-0.25, -0.2) is 4.98 Å². The lowest BCUT2D eigenvalue weighted by Gasteiger charge is -2.02. The number of fused-ring (bicyclic) bond motifs is 1. The van der Waals surface area contributed by atoms with Crippen molar-refractivity contribution in [1.29, 1.82) is 0 Å². The first-order valence-corrected chi connectivity index (χ1v) is 7.89. The summed E-state index contributed by atoms with van der Waals surface area (Å²) in [6, 6.07) is 9.67. The molecular weight excluding hydrogens is 300 g/mol. The summed E-state index contributed by atoms with van der Waals surface area (Å²) in [7, 11) is 1.98. The minimum Gasteiger partial charge on any atom is -0.360 e. The third-order valence-electron chi connectivity index (χ3n) is 3.20. The van der Waals surface area contributed by atoms with Gasteiger partial charge < -0.3 is 14.4 Å². The fraction of sp³-hybridized carbons (Fsp3) is 0.267. The molecule has 3 aromatic rings. The monoisotopic (exact) mass is 316 g/mol. The molecule has 6 nitrogen and oxygen atoms in total. The molecule has 2 aromatic heterocycles. The fourth-order valence-corrected chi connectivity index (χ4v) is 3.04. The van der Waals surface area contributed by atoms with Gasteiger partial charge in [-0.15, -0.1) is 0 Å². The van der Waals surface area contributed by atoms with Crippen molar-refractivity contribution in [3.05, 3.63) is 36.1 Å². The second-order valence-electron chi connectivity index (χ2n) is 4.91. The first-order valence-electron chi connectivity index (χ1n) is 6.91. The molecule has 1 N–H and O–H groups in total. The number of anilines is 1. The zero-order valence-electron chi connectivity index (χ0n) is 12.4. The van der Waals surface area contributed by atoms with Crippen LogP contribution in [0.1, 0.15) is 12.2 Å². The van der Waals surface area contributed by atoms with Crippen LogP contribution in [0.5, 0.6) is 0 Å². The van der Waals surface area contributed by atoms with E-state index >= 15 is 0 Å². The summed E-state index contributed by atoms with van der Waals surface area (Å²) < 4.78 is 6.95. The van der Waals surface area contributed by atoms with Crippen molar-refractivity contribution in [3.8, 4) is 0 Å². The van der Waals surface area contributed by atoms with Crippen LogP contribution < -0.4 is 5.32 Å². The van der Waals surface area contributed by atoms with Crippen molar-refractivity contribution in [2.75, 3.05) is 11.1 Å². The fourth-order valence-electron chi connectivity index (χ4n) is 2.12. The van der Waals surface area contributed by atoms with E-state index in [0.717, 1.165) is 16.2 Å². The molecule has 0 atom stereocenters. The van der Waals surface area contributed by atoms with Gasteiger partial charge in [0.1, 0.15) is 5.76 Å². The zero-order chi connectivity index (χ0) is 15.5. The number of thioether (sulfide) groups is 1. The standard InChI is InChI=1S/C15H16N4O2S/c1-10-9-13(18-21-10)17-14(20)7-8-22-15-16-11-5-3-4-6-12(11)19(15)2/h3-6,9H,7-8H2,1-2H3,(H,17,18,20). The Morgan fingerprint density at radius 3 is 2.95 bits per heavy atom. The van der Waals surface area contributed by atoms with Crippen LogP contribution in [0.3, 0.4) is 0 Å². The molecule has 0 saturated carbocycles. The van der Waals surface area contributed by atoms with Crippen molar-refractivity contribution < 1.29 is 9.32 Å². The molecule has 0 saturated heterocycles. The lowest BCUT2D eigenvalue weighted by atomic mass is 10.3. The maximum Gasteiger partial charge on any atom is 0.226 e. The van der Waals surface area contributed by atoms with Crippen LogP contribution in [0.25, 0.3) is 11.0 Å². The number of nitrogens with zero attached hydrogens (tertiary/aromatic N) is 3. The van der Waals surface area contributed by atoms with Crippen LogP contribution in [0.2, 0.25) is 0 Å². The first-order chi connectivity index (χ1) is 10.6. The predicted octanol–water partition coefficient (Wildman–Crippen LogP) is 2.99. The summed E-state index contributed by atoms with van der Waals surface area (Å²) in [4.78, 5) is 16.4. The van der Waals surface area contributed by atoms with Crippen LogP contribution in [0.15, 0.2) is 40.0 Å². The molecule has 3 rings (SSSR count). The van der Waals surface area contributed by atoms with Crippen molar-refractivity contribution in [1.82, 2.24) is 14.7 Å². The number of hydrogen-bond acceptors (Lipinski definition) is 5. The van der Waals surface area contributed by atoms with Gasteiger partial charge in [-0.2, -0.15) is 0 Å². The highest BCUT2D eigenvalue weighted by molar-refractivity contribution is 7.99. The Morgan fingerprint density at radius 2 is 2.23 bits per heavy atom. The largest absolute Gasteiger partial charge is 0.360 e. The van der Waals surface area contributed by atoms with Crippen LogP contribution in [-0.4, -0.2) is 26.4 Å². The Morgan fingerprint density at radius 1 is 1.41 bits per heavy atom. The molecule has 0 spiro atoms. The molecule has 7 heteroatoms. The summed E-state index contributed by atoms with van der Waals surface area (Å²) in [6.45, 7) is 1.78. The maximum absolute atomic E-state index is 11.8. The SMILES string of the molecule is Cc1cc(NC(=O)CCSc2nc3ccccc3n2C)no1. The molecule has 1 amide bonds. The third kappa shape index (κ3) is 3.14. The lowest BCUT2D eigenvalue weighted by Crippen LogP contribution is -2.12. The number of aryl methyl sites for hydroxylation is 2. The number of nitrogens with one attached hydrogen (secondary N) is 1. The van der Waals surface area contributed by atoms with Gasteiger partial charge in [-0.1, -0.05) is 29.1 Å². The van der Waals surface area contributed by atoms with Gasteiger partial charge in [-0.05, 0) is 19.1 Å². The summed E-state index contributed by atoms with van der Waals surface area (Å²) in [5.74, 6) is 1.69. The van der Waals surface area contributed by atoms with Gasteiger partial charge in [0.15, 0.2) is 11.0 Å². The number of imidazole rings is 1. The summed E-state index contributed by atoms with van der Waals surface area (Å²) >= 11 is 1.56. The number of carbonyl (C=O) groups is 1. The van der Waals surface area contributed by atoms with Crippen LogP contribution in [-0.2, 0) is 11.8 Å². The van der Waals surface area contributed by atoms with E-state index in [2.05, 4.69) is 15.5 Å². The highest BCUT2D eigenvalue weighted by Gasteiger charge is 2.10. The highest BCUT2D eigenvalue weighted by atomic mass is 32.2. The van der Waals surface area contributed by atoms with E-state index in [-0.39, 0.29) is 5.91 Å². The minimum atomic E-state index is -0.0837. The van der Waals surface area contributed by atoms with E-state index < -0.39 is 0 Å². The number of hydrogen-bond donors (Lipinski definition) is 1. The van der Waals surface area contributed by atoms with Gasteiger partial charge >= 0.3 is 0 Å². The average Bonchev–Trinajstić information content (AvgIpc) is 3.04. The third-order valence-corrected chi connectivity index (χ3v) is 4.23. The number of para-hydroxylation sites is 2. The topological polar surface area (TPSA) is 73.0 Å². The molecule has 0 radical (unpaired) electrons. The smallest absolute Gasteiger partial charge is 0.226 e. The van der Waals surface area contributed by atoms with E-state index in [1.807, 2.05) is 35.9 Å². The summed E-state index contributed by atoms with van der Waals surface area (Å²) in [5.41, 5.74) is 2.06. The van der Waals surface area contributed by atoms with Gasteiger partial charge in [0, 0.05) is 25.3 Å². The summed E-state index contributed by atoms with van der Waals surface area (Å²) in [6.07, 6.45) is 0.389. The van der Waals surface area contributed by atoms with Crippen molar-refractivity contribution >= 4 is 34.5 Å². The van der Waals surface area contributed by atoms with Crippen molar-refractivity contribution in [2.24, 2.45) is 7.05 Å². The molecule has 2 heterocycles. The van der Waals surface area contributed by atoms with Crippen LogP contribution in [0.4, 0.5) is 5.82 Å². The van der Waals surface area contributed by atoms with Gasteiger partial charge in [0.2, 0.25) is 5.91 Å². The molecule has 0 aliphatic rings. The van der Waals surface area contributed by atoms with Crippen molar-refractivity contribution in [3.63, 3.8) is 0 Å². The predicted molar refractivity (Wildman–Crippen MR) is 85.9 cm³/mol. The Labute approximate surface area is 131 Å². The van der Waals surface area contributed by atoms with E-state index in [1.165, 1.54) is 0 Å². The number of aromatic nitrogens is 3. The Bertz CT molecular complexity index is 809. The van der Waals surface area contributed by atoms with Crippen molar-refractivity contribution in [2.45, 2.75) is 18.5 Å². The maximum atomic E-state index is 11.8. The lowest BCUT2D eigenvalue weighted by molar-refractivity contribution is -0.115. The molecule has 0 aliphatic heterocycles. The molecular formula is C15H16N4O2S. The molecule has 0 bridgehead atoms. The Hall–Kier alpha value is -2.28. The van der Waals surface area contributed by atoms with E-state index in [4.69, 9.17) is 4.52 Å². The Balaban J connectivity index is 1.55. The molecule has 114 valence electrons. The van der Waals surface area contributed by atoms with Crippen LogP contribution >= 0.6 is 11.8 Å². The molecule has 0 fully saturated rings. The zero-order valence-corrected chi connectivity index (χ0v) is 13.2. The number of benzene rings is 1. The number of amides is 1. The van der Waals surface area contributed by atoms with E-state index in [1.54, 1.807) is 24.8 Å². The van der Waals surface area contributed by atoms with Gasteiger partial charge in [-0.3, -0.25) is 4.79 Å². The van der Waals surface area contributed by atoms with Crippen LogP contribution in [0, 0.1) is 6.92 Å². The minimum absolute atomic E-state index is 0.0837. The molecule has 22 heavy (non-hydrogen) atoms. The second kappa shape index (κ2) is 6.23. The van der Waals surface area contributed by atoms with E-state index in [0.29, 0.717) is 23.8 Å². The Kier molecular flexibility index (Phi) is 4.15. The van der Waals surface area contributed by atoms with Gasteiger partial charge in [0.05, 0.1) is 11.0 Å². The number of rotatable bonds is 5. The molecule has 0 unspecified atom stereocenters. The quantitative estimate of drug-likeness (QED) is 0.733. The van der Waals surface area contributed by atoms with E-state index in [9.17, 15) is 4.79 Å². The number of carbonyl (C=O) groups excluding carboxylic acids is 1. The molecule has 0 aliphatic carbocycles. The first kappa shape index (κ1) is 14.6. The second-order valence-corrected chi connectivity index (χ2v) is 5.97. The highest BCUT2D eigenvalue weighted by Crippen LogP contribution is 2.23. The molecule has 1 aromatic carbocycles. The average molecular weight is 316 g/mol.